The van der Waals surface area contributed by atoms with Gasteiger partial charge in [0.1, 0.15) is 5.82 Å². The van der Waals surface area contributed by atoms with Crippen LogP contribution in [0.3, 0.4) is 0 Å². The van der Waals surface area contributed by atoms with E-state index in [0.29, 0.717) is 30.8 Å². The van der Waals surface area contributed by atoms with Gasteiger partial charge in [0.05, 0.1) is 11.5 Å². The van der Waals surface area contributed by atoms with Gasteiger partial charge in [-0.25, -0.2) is 9.18 Å². The van der Waals surface area contributed by atoms with Gasteiger partial charge in [-0.2, -0.15) is 0 Å². The maximum atomic E-state index is 13.8. The van der Waals surface area contributed by atoms with Gasteiger partial charge in [0.15, 0.2) is 0 Å². The lowest BCUT2D eigenvalue weighted by Crippen LogP contribution is -2.38. The maximum absolute atomic E-state index is 13.8. The zero-order chi connectivity index (χ0) is 21.7. The Hall–Kier alpha value is -2.93. The first-order chi connectivity index (χ1) is 15.0. The predicted octanol–water partition coefficient (Wildman–Crippen LogP) is 4.58. The summed E-state index contributed by atoms with van der Waals surface area (Å²) in [5.74, 6) is -0.449. The fourth-order valence-electron chi connectivity index (χ4n) is 4.49. The zero-order valence-corrected chi connectivity index (χ0v) is 17.5. The number of hydrogen-bond acceptors (Lipinski definition) is 3. The van der Waals surface area contributed by atoms with Crippen LogP contribution in [-0.2, 0) is 14.9 Å². The standard InChI is InChI=1S/C24H28FN3O3/c25-18-6-3-5-17(15-18)24(12-1-2-13-24)22(29)27-19-8-10-20(11-9-19)28-23(30)26-16-21-7-4-14-31-21/h3,5-6,8-11,15,21H,1-2,4,7,12-14,16H2,(H,27,29)(H2,26,28,30). The molecule has 1 atom stereocenters. The van der Waals surface area contributed by atoms with Crippen molar-refractivity contribution >= 4 is 23.3 Å². The summed E-state index contributed by atoms with van der Waals surface area (Å²) in [5, 5.41) is 8.57. The average Bonchev–Trinajstić information content (AvgIpc) is 3.47. The van der Waals surface area contributed by atoms with E-state index in [2.05, 4.69) is 16.0 Å². The van der Waals surface area contributed by atoms with Crippen LogP contribution in [0.2, 0.25) is 0 Å². The zero-order valence-electron chi connectivity index (χ0n) is 17.5. The fraction of sp³-hybridized carbons (Fsp3) is 0.417. The van der Waals surface area contributed by atoms with Gasteiger partial charge >= 0.3 is 6.03 Å². The first kappa shape index (κ1) is 21.3. The van der Waals surface area contributed by atoms with E-state index < -0.39 is 5.41 Å². The van der Waals surface area contributed by atoms with Crippen LogP contribution in [0.25, 0.3) is 0 Å². The summed E-state index contributed by atoms with van der Waals surface area (Å²) in [6.45, 7) is 1.24. The van der Waals surface area contributed by atoms with Crippen LogP contribution in [-0.4, -0.2) is 31.2 Å². The minimum absolute atomic E-state index is 0.0873. The fourth-order valence-corrected chi connectivity index (χ4v) is 4.49. The van der Waals surface area contributed by atoms with Crippen molar-refractivity contribution in [1.82, 2.24) is 5.32 Å². The quantitative estimate of drug-likeness (QED) is 0.634. The summed E-state index contributed by atoms with van der Waals surface area (Å²) in [5.41, 5.74) is 1.28. The highest BCUT2D eigenvalue weighted by atomic mass is 19.1. The monoisotopic (exact) mass is 425 g/mol. The highest BCUT2D eigenvalue weighted by Crippen LogP contribution is 2.42. The topological polar surface area (TPSA) is 79.5 Å². The van der Waals surface area contributed by atoms with Crippen molar-refractivity contribution in [2.45, 2.75) is 50.0 Å². The number of benzene rings is 2. The molecule has 2 fully saturated rings. The molecule has 31 heavy (non-hydrogen) atoms. The summed E-state index contributed by atoms with van der Waals surface area (Å²) in [4.78, 5) is 25.3. The molecule has 4 rings (SSSR count). The average molecular weight is 426 g/mol. The number of halogens is 1. The van der Waals surface area contributed by atoms with Gasteiger partial charge in [0.25, 0.3) is 0 Å². The molecule has 164 valence electrons. The van der Waals surface area contributed by atoms with E-state index in [1.807, 2.05) is 6.07 Å². The van der Waals surface area contributed by atoms with Crippen LogP contribution in [0.15, 0.2) is 48.5 Å². The molecule has 0 bridgehead atoms. The lowest BCUT2D eigenvalue weighted by Gasteiger charge is -2.28. The van der Waals surface area contributed by atoms with Crippen LogP contribution in [0, 0.1) is 5.82 Å². The van der Waals surface area contributed by atoms with Crippen molar-refractivity contribution in [3.8, 4) is 0 Å². The number of amides is 3. The van der Waals surface area contributed by atoms with Crippen molar-refractivity contribution in [2.75, 3.05) is 23.8 Å². The molecular formula is C24H28FN3O3. The van der Waals surface area contributed by atoms with Gasteiger partial charge in [-0.05, 0) is 67.6 Å². The van der Waals surface area contributed by atoms with E-state index in [1.165, 1.54) is 12.1 Å². The predicted molar refractivity (Wildman–Crippen MR) is 118 cm³/mol. The number of nitrogens with one attached hydrogen (secondary N) is 3. The Morgan fingerprint density at radius 2 is 1.71 bits per heavy atom. The van der Waals surface area contributed by atoms with Crippen LogP contribution >= 0.6 is 0 Å². The Labute approximate surface area is 181 Å². The van der Waals surface area contributed by atoms with Crippen LogP contribution in [0.5, 0.6) is 0 Å². The molecule has 1 aliphatic heterocycles. The number of ether oxygens (including phenoxy) is 1. The third kappa shape index (κ3) is 5.05. The molecule has 0 aromatic heterocycles. The molecule has 2 aromatic rings. The highest BCUT2D eigenvalue weighted by Gasteiger charge is 2.42. The molecule has 1 unspecified atom stereocenters. The van der Waals surface area contributed by atoms with E-state index in [-0.39, 0.29) is 23.9 Å². The minimum Gasteiger partial charge on any atom is -0.376 e. The van der Waals surface area contributed by atoms with Crippen molar-refractivity contribution in [2.24, 2.45) is 0 Å². The summed E-state index contributed by atoms with van der Waals surface area (Å²) in [7, 11) is 0. The van der Waals surface area contributed by atoms with E-state index in [1.54, 1.807) is 30.3 Å². The Bertz CT molecular complexity index is 920. The van der Waals surface area contributed by atoms with Gasteiger partial charge in [-0.3, -0.25) is 4.79 Å². The third-order valence-electron chi connectivity index (χ3n) is 6.18. The van der Waals surface area contributed by atoms with Crippen molar-refractivity contribution in [1.29, 1.82) is 0 Å². The van der Waals surface area contributed by atoms with Crippen molar-refractivity contribution in [3.63, 3.8) is 0 Å². The molecule has 0 radical (unpaired) electrons. The Kier molecular flexibility index (Phi) is 6.51. The van der Waals surface area contributed by atoms with Crippen LogP contribution in [0.1, 0.15) is 44.1 Å². The molecule has 0 spiro atoms. The second-order valence-electron chi connectivity index (χ2n) is 8.30. The second kappa shape index (κ2) is 9.47. The molecule has 2 aliphatic rings. The number of urea groups is 1. The third-order valence-corrected chi connectivity index (χ3v) is 6.18. The molecule has 2 aromatic carbocycles. The lowest BCUT2D eigenvalue weighted by molar-refractivity contribution is -0.121. The molecular weight excluding hydrogens is 397 g/mol. The summed E-state index contributed by atoms with van der Waals surface area (Å²) < 4.78 is 19.3. The molecule has 3 N–H and O–H groups in total. The van der Waals surface area contributed by atoms with Crippen LogP contribution < -0.4 is 16.0 Å². The van der Waals surface area contributed by atoms with Gasteiger partial charge < -0.3 is 20.7 Å². The number of anilines is 2. The van der Waals surface area contributed by atoms with Gasteiger partial charge in [0.2, 0.25) is 5.91 Å². The normalized spacial score (nSPS) is 19.7. The number of carbonyl (C=O) groups is 2. The van der Waals surface area contributed by atoms with Gasteiger partial charge in [0, 0.05) is 24.5 Å². The van der Waals surface area contributed by atoms with Gasteiger partial charge in [-0.15, -0.1) is 0 Å². The summed E-state index contributed by atoms with van der Waals surface area (Å²) >= 11 is 0. The van der Waals surface area contributed by atoms with Crippen molar-refractivity contribution in [3.05, 3.63) is 59.9 Å². The Morgan fingerprint density at radius 1 is 1.00 bits per heavy atom. The van der Waals surface area contributed by atoms with E-state index in [0.717, 1.165) is 37.9 Å². The second-order valence-corrected chi connectivity index (χ2v) is 8.30. The minimum atomic E-state index is -0.707. The molecule has 1 aliphatic carbocycles. The molecule has 1 saturated heterocycles. The largest absolute Gasteiger partial charge is 0.376 e. The Balaban J connectivity index is 1.36. The smallest absolute Gasteiger partial charge is 0.319 e. The SMILES string of the molecule is O=C(NCC1CCCO1)Nc1ccc(NC(=O)C2(c3cccc(F)c3)CCCC2)cc1. The molecule has 1 heterocycles. The molecule has 3 amide bonds. The first-order valence-electron chi connectivity index (χ1n) is 10.9. The lowest BCUT2D eigenvalue weighted by atomic mass is 9.78. The molecule has 6 nitrogen and oxygen atoms in total. The van der Waals surface area contributed by atoms with E-state index in [9.17, 15) is 14.0 Å². The summed E-state index contributed by atoms with van der Waals surface area (Å²) in [6, 6.07) is 13.0. The van der Waals surface area contributed by atoms with Gasteiger partial charge in [-0.1, -0.05) is 25.0 Å². The number of carbonyl (C=O) groups excluding carboxylic acids is 2. The van der Waals surface area contributed by atoms with E-state index >= 15 is 0 Å². The summed E-state index contributed by atoms with van der Waals surface area (Å²) in [6.07, 6.45) is 5.36. The Morgan fingerprint density at radius 3 is 2.35 bits per heavy atom. The maximum Gasteiger partial charge on any atom is 0.319 e. The first-order valence-corrected chi connectivity index (χ1v) is 10.9. The number of rotatable bonds is 6. The highest BCUT2D eigenvalue weighted by molar-refractivity contribution is 5.99. The molecule has 7 heteroatoms. The number of hydrogen-bond donors (Lipinski definition) is 3. The van der Waals surface area contributed by atoms with E-state index in [4.69, 9.17) is 4.74 Å². The van der Waals surface area contributed by atoms with Crippen molar-refractivity contribution < 1.29 is 18.7 Å². The van der Waals surface area contributed by atoms with Crippen LogP contribution in [0.4, 0.5) is 20.6 Å². The molecule has 1 saturated carbocycles.